The standard InChI is InChI=1S/C14H25NO6/c1-9(2)8-10(12(17)18)20-11(16)6-7-15-13(19)21-14(3,4)5/h9-10H,6-8H2,1-5H3,(H,15,19)(H,17,18)/t10-/m0/s1. The number of carboxylic acid groups (broad SMARTS) is 1. The second kappa shape index (κ2) is 8.49. The molecular formula is C14H25NO6. The number of aliphatic carboxylic acids is 1. The van der Waals surface area contributed by atoms with E-state index < -0.39 is 29.7 Å². The maximum atomic E-state index is 11.5. The summed E-state index contributed by atoms with van der Waals surface area (Å²) in [6.07, 6.45) is -1.65. The number of esters is 1. The SMILES string of the molecule is CC(C)C[C@H](OC(=O)CCNC(=O)OC(C)(C)C)C(=O)O. The van der Waals surface area contributed by atoms with Gasteiger partial charge in [-0.3, -0.25) is 4.79 Å². The van der Waals surface area contributed by atoms with Crippen molar-refractivity contribution in [2.45, 2.75) is 59.2 Å². The zero-order valence-corrected chi connectivity index (χ0v) is 13.3. The van der Waals surface area contributed by atoms with Crippen molar-refractivity contribution < 1.29 is 29.0 Å². The van der Waals surface area contributed by atoms with E-state index in [0.717, 1.165) is 0 Å². The van der Waals surface area contributed by atoms with Gasteiger partial charge in [-0.15, -0.1) is 0 Å². The minimum Gasteiger partial charge on any atom is -0.479 e. The van der Waals surface area contributed by atoms with Crippen LogP contribution in [0.15, 0.2) is 0 Å². The fourth-order valence-electron chi connectivity index (χ4n) is 1.43. The number of alkyl carbamates (subject to hydrolysis) is 1. The van der Waals surface area contributed by atoms with Crippen LogP contribution in [0.1, 0.15) is 47.5 Å². The lowest BCUT2D eigenvalue weighted by Crippen LogP contribution is -2.34. The summed E-state index contributed by atoms with van der Waals surface area (Å²) in [5, 5.41) is 11.3. The van der Waals surface area contributed by atoms with Crippen LogP contribution in [-0.2, 0) is 19.1 Å². The molecule has 0 aromatic carbocycles. The Morgan fingerprint density at radius 1 is 1.19 bits per heavy atom. The predicted octanol–water partition coefficient (Wildman–Crippen LogP) is 1.94. The van der Waals surface area contributed by atoms with Crippen LogP contribution >= 0.6 is 0 Å². The molecule has 0 aliphatic heterocycles. The average Bonchev–Trinajstić information content (AvgIpc) is 2.24. The molecular weight excluding hydrogens is 278 g/mol. The molecule has 0 rings (SSSR count). The summed E-state index contributed by atoms with van der Waals surface area (Å²) >= 11 is 0. The maximum absolute atomic E-state index is 11.5. The minimum absolute atomic E-state index is 0.0295. The molecule has 0 saturated carbocycles. The quantitative estimate of drug-likeness (QED) is 0.697. The first-order valence-electron chi connectivity index (χ1n) is 6.90. The zero-order chi connectivity index (χ0) is 16.6. The van der Waals surface area contributed by atoms with Crippen molar-refractivity contribution in [2.75, 3.05) is 6.54 Å². The predicted molar refractivity (Wildman–Crippen MR) is 75.8 cm³/mol. The summed E-state index contributed by atoms with van der Waals surface area (Å²) < 4.78 is 9.87. The van der Waals surface area contributed by atoms with Gasteiger partial charge >= 0.3 is 18.0 Å². The normalized spacial score (nSPS) is 12.7. The molecule has 0 saturated heterocycles. The molecule has 0 heterocycles. The third-order valence-corrected chi connectivity index (χ3v) is 2.23. The van der Waals surface area contributed by atoms with E-state index in [1.54, 1.807) is 20.8 Å². The number of amides is 1. The Labute approximate surface area is 125 Å². The van der Waals surface area contributed by atoms with Crippen LogP contribution in [0.3, 0.4) is 0 Å². The largest absolute Gasteiger partial charge is 0.479 e. The summed E-state index contributed by atoms with van der Waals surface area (Å²) in [6, 6.07) is 0. The van der Waals surface area contributed by atoms with Crippen molar-refractivity contribution in [2.24, 2.45) is 5.92 Å². The zero-order valence-electron chi connectivity index (χ0n) is 13.3. The minimum atomic E-state index is -1.17. The van der Waals surface area contributed by atoms with Crippen molar-refractivity contribution in [3.8, 4) is 0 Å². The van der Waals surface area contributed by atoms with Gasteiger partial charge in [0.1, 0.15) is 5.60 Å². The molecule has 7 heteroatoms. The Balaban J connectivity index is 4.09. The monoisotopic (exact) mass is 303 g/mol. The van der Waals surface area contributed by atoms with Gasteiger partial charge in [0.15, 0.2) is 6.10 Å². The van der Waals surface area contributed by atoms with Gasteiger partial charge in [0.25, 0.3) is 0 Å². The first-order valence-corrected chi connectivity index (χ1v) is 6.90. The van der Waals surface area contributed by atoms with Gasteiger partial charge in [-0.2, -0.15) is 0 Å². The number of hydrogen-bond donors (Lipinski definition) is 2. The van der Waals surface area contributed by atoms with Crippen LogP contribution in [0.5, 0.6) is 0 Å². The number of carboxylic acids is 1. The number of carbonyl (C=O) groups excluding carboxylic acids is 2. The Hall–Kier alpha value is -1.79. The second-order valence-electron chi connectivity index (χ2n) is 6.12. The molecule has 0 spiro atoms. The van der Waals surface area contributed by atoms with Gasteiger partial charge in [-0.1, -0.05) is 13.8 Å². The van der Waals surface area contributed by atoms with Crippen LogP contribution in [0.25, 0.3) is 0 Å². The molecule has 7 nitrogen and oxygen atoms in total. The van der Waals surface area contributed by atoms with E-state index in [-0.39, 0.29) is 25.3 Å². The molecule has 1 atom stereocenters. The van der Waals surface area contributed by atoms with Crippen molar-refractivity contribution in [1.29, 1.82) is 0 Å². The summed E-state index contributed by atoms with van der Waals surface area (Å²) in [7, 11) is 0. The topological polar surface area (TPSA) is 102 Å². The molecule has 0 aromatic rings. The molecule has 0 aliphatic carbocycles. The number of ether oxygens (including phenoxy) is 2. The van der Waals surface area contributed by atoms with Gasteiger partial charge in [0.05, 0.1) is 6.42 Å². The Morgan fingerprint density at radius 3 is 2.19 bits per heavy atom. The molecule has 0 aromatic heterocycles. The van der Waals surface area contributed by atoms with Gasteiger partial charge in [0.2, 0.25) is 0 Å². The van der Waals surface area contributed by atoms with Crippen LogP contribution in [-0.4, -0.2) is 41.4 Å². The van der Waals surface area contributed by atoms with E-state index >= 15 is 0 Å². The Kier molecular flexibility index (Phi) is 7.76. The third-order valence-electron chi connectivity index (χ3n) is 2.23. The van der Waals surface area contributed by atoms with E-state index in [1.165, 1.54) is 0 Å². The summed E-state index contributed by atoms with van der Waals surface area (Å²) in [4.78, 5) is 33.8. The van der Waals surface area contributed by atoms with Gasteiger partial charge in [-0.25, -0.2) is 9.59 Å². The molecule has 0 fully saturated rings. The molecule has 0 unspecified atom stereocenters. The fraction of sp³-hybridized carbons (Fsp3) is 0.786. The van der Waals surface area contributed by atoms with Gasteiger partial charge in [0, 0.05) is 6.54 Å². The van der Waals surface area contributed by atoms with Crippen LogP contribution < -0.4 is 5.32 Å². The van der Waals surface area contributed by atoms with Crippen molar-refractivity contribution in [3.05, 3.63) is 0 Å². The smallest absolute Gasteiger partial charge is 0.407 e. The molecule has 0 aliphatic rings. The van der Waals surface area contributed by atoms with Crippen molar-refractivity contribution in [1.82, 2.24) is 5.32 Å². The highest BCUT2D eigenvalue weighted by Crippen LogP contribution is 2.10. The van der Waals surface area contributed by atoms with E-state index in [1.807, 2.05) is 13.8 Å². The van der Waals surface area contributed by atoms with E-state index in [4.69, 9.17) is 14.6 Å². The summed E-state index contributed by atoms with van der Waals surface area (Å²) in [5.74, 6) is -1.74. The van der Waals surface area contributed by atoms with Gasteiger partial charge < -0.3 is 19.9 Å². The van der Waals surface area contributed by atoms with Crippen LogP contribution in [0.2, 0.25) is 0 Å². The molecule has 21 heavy (non-hydrogen) atoms. The fourth-order valence-corrected chi connectivity index (χ4v) is 1.43. The lowest BCUT2D eigenvalue weighted by atomic mass is 10.1. The molecule has 2 N–H and O–H groups in total. The number of rotatable bonds is 7. The average molecular weight is 303 g/mol. The third kappa shape index (κ3) is 10.6. The highest BCUT2D eigenvalue weighted by molar-refractivity contribution is 5.78. The van der Waals surface area contributed by atoms with E-state index in [0.29, 0.717) is 0 Å². The number of hydrogen-bond acceptors (Lipinski definition) is 5. The maximum Gasteiger partial charge on any atom is 0.407 e. The summed E-state index contributed by atoms with van der Waals surface area (Å²) in [6.45, 7) is 8.89. The summed E-state index contributed by atoms with van der Waals surface area (Å²) in [5.41, 5.74) is -0.615. The lowest BCUT2D eigenvalue weighted by Gasteiger charge is -2.19. The van der Waals surface area contributed by atoms with Crippen molar-refractivity contribution in [3.63, 3.8) is 0 Å². The molecule has 0 bridgehead atoms. The lowest BCUT2D eigenvalue weighted by molar-refractivity contribution is -0.165. The highest BCUT2D eigenvalue weighted by Gasteiger charge is 2.23. The Morgan fingerprint density at radius 2 is 1.76 bits per heavy atom. The molecule has 0 radical (unpaired) electrons. The van der Waals surface area contributed by atoms with Gasteiger partial charge in [-0.05, 0) is 33.1 Å². The Bertz CT molecular complexity index is 372. The van der Waals surface area contributed by atoms with Crippen LogP contribution in [0.4, 0.5) is 4.79 Å². The number of nitrogens with one attached hydrogen (secondary N) is 1. The van der Waals surface area contributed by atoms with E-state index in [9.17, 15) is 14.4 Å². The molecule has 122 valence electrons. The second-order valence-corrected chi connectivity index (χ2v) is 6.12. The number of carbonyl (C=O) groups is 3. The first kappa shape index (κ1) is 19.2. The van der Waals surface area contributed by atoms with Crippen molar-refractivity contribution >= 4 is 18.0 Å². The first-order chi connectivity index (χ1) is 9.51. The van der Waals surface area contributed by atoms with E-state index in [2.05, 4.69) is 5.32 Å². The highest BCUT2D eigenvalue weighted by atomic mass is 16.6. The molecule has 1 amide bonds. The van der Waals surface area contributed by atoms with Crippen LogP contribution in [0, 0.1) is 5.92 Å².